The van der Waals surface area contributed by atoms with Crippen LogP contribution in [0.25, 0.3) is 0 Å². The lowest BCUT2D eigenvalue weighted by molar-refractivity contribution is -0.209. The van der Waals surface area contributed by atoms with Gasteiger partial charge >= 0.3 is 11.9 Å². The Balaban J connectivity index is 2.52. The lowest BCUT2D eigenvalue weighted by Crippen LogP contribution is -2.50. The highest BCUT2D eigenvalue weighted by molar-refractivity contribution is 6.25. The lowest BCUT2D eigenvalue weighted by atomic mass is 9.77. The van der Waals surface area contributed by atoms with Crippen LogP contribution in [0.15, 0.2) is 42.5 Å². The molecule has 1 unspecified atom stereocenters. The molecule has 7 nitrogen and oxygen atoms in total. The van der Waals surface area contributed by atoms with Gasteiger partial charge in [0.05, 0.1) is 18.7 Å². The zero-order chi connectivity index (χ0) is 24.8. The van der Waals surface area contributed by atoms with Gasteiger partial charge in [0, 0.05) is 13.0 Å². The van der Waals surface area contributed by atoms with Gasteiger partial charge in [-0.3, -0.25) is 14.4 Å². The number of ketones is 1. The minimum absolute atomic E-state index is 0.122. The van der Waals surface area contributed by atoms with Gasteiger partial charge in [-0.1, -0.05) is 37.3 Å². The molecule has 1 atom stereocenters. The first-order valence-electron chi connectivity index (χ1n) is 9.99. The Morgan fingerprint density at radius 1 is 0.909 bits per heavy atom. The summed E-state index contributed by atoms with van der Waals surface area (Å²) in [6.07, 6.45) is -0.570. The summed E-state index contributed by atoms with van der Waals surface area (Å²) in [7, 11) is 0. The van der Waals surface area contributed by atoms with E-state index in [1.807, 2.05) is 0 Å². The van der Waals surface area contributed by atoms with Crippen molar-refractivity contribution in [1.29, 1.82) is 0 Å². The number of Topliss-reactive ketones (excluding diaryl/α,β-unsaturated/α-hetero) is 1. The highest BCUT2D eigenvalue weighted by atomic mass is 19.2. The summed E-state index contributed by atoms with van der Waals surface area (Å²) in [5.41, 5.74) is -3.25. The number of amides is 1. The Labute approximate surface area is 188 Å². The Morgan fingerprint density at radius 3 is 2.06 bits per heavy atom. The van der Waals surface area contributed by atoms with Crippen LogP contribution in [0.3, 0.4) is 0 Å². The number of esters is 1. The molecule has 1 amide bonds. The first kappa shape index (κ1) is 25.6. The summed E-state index contributed by atoms with van der Waals surface area (Å²) in [4.78, 5) is 56.3. The zero-order valence-electron chi connectivity index (χ0n) is 18.2. The van der Waals surface area contributed by atoms with Crippen molar-refractivity contribution in [2.45, 2.75) is 33.7 Å². The van der Waals surface area contributed by atoms with Crippen LogP contribution in [-0.4, -0.2) is 35.3 Å². The third-order valence-corrected chi connectivity index (χ3v) is 4.86. The second-order valence-corrected chi connectivity index (χ2v) is 6.97. The molecule has 0 aliphatic rings. The Morgan fingerprint density at radius 2 is 1.52 bits per heavy atom. The molecule has 2 rings (SSSR count). The zero-order valence-corrected chi connectivity index (χ0v) is 18.2. The van der Waals surface area contributed by atoms with Crippen LogP contribution in [0.5, 0.6) is 0 Å². The molecule has 0 saturated carbocycles. The largest absolute Gasteiger partial charge is 0.465 e. The van der Waals surface area contributed by atoms with E-state index in [2.05, 4.69) is 0 Å². The average molecular weight is 465 g/mol. The number of nitrogens with zero attached hydrogens (tertiary/aromatic N) is 1. The number of ether oxygens (including phenoxy) is 1. The minimum atomic E-state index is -2.77. The van der Waals surface area contributed by atoms with E-state index in [0.717, 1.165) is 6.92 Å². The van der Waals surface area contributed by atoms with E-state index in [1.165, 1.54) is 13.8 Å². The molecular weight excluding hydrogens is 443 g/mol. The van der Waals surface area contributed by atoms with Crippen LogP contribution >= 0.6 is 0 Å². The smallest absolute Gasteiger partial charge is 0.357 e. The van der Waals surface area contributed by atoms with Crippen LogP contribution in [0, 0.1) is 22.9 Å². The van der Waals surface area contributed by atoms with Crippen LogP contribution in [0.4, 0.5) is 13.2 Å². The van der Waals surface area contributed by atoms with Crippen molar-refractivity contribution >= 4 is 23.6 Å². The highest BCUT2D eigenvalue weighted by Crippen LogP contribution is 2.33. The summed E-state index contributed by atoms with van der Waals surface area (Å²) in [6, 6.07) is 8.74. The Kier molecular flexibility index (Phi) is 8.33. The lowest BCUT2D eigenvalue weighted by Gasteiger charge is -2.29. The molecule has 2 aromatic carbocycles. The highest BCUT2D eigenvalue weighted by Gasteiger charge is 2.56. The fraction of sp³-hybridized carbons (Fsp3) is 0.304. The average Bonchev–Trinajstić information content (AvgIpc) is 2.77. The molecule has 0 saturated heterocycles. The van der Waals surface area contributed by atoms with Crippen LogP contribution < -0.4 is 0 Å². The van der Waals surface area contributed by atoms with Gasteiger partial charge in [-0.15, -0.1) is 0 Å². The fourth-order valence-corrected chi connectivity index (χ4v) is 3.03. The molecule has 0 aromatic heterocycles. The Bertz CT molecular complexity index is 1060. The first-order valence-corrected chi connectivity index (χ1v) is 9.99. The number of halogens is 3. The second kappa shape index (κ2) is 10.8. The van der Waals surface area contributed by atoms with Gasteiger partial charge in [0.1, 0.15) is 5.82 Å². The van der Waals surface area contributed by atoms with Crippen LogP contribution in [-0.2, 0) is 30.5 Å². The molecule has 0 aliphatic heterocycles. The number of rotatable bonds is 8. The number of hydrogen-bond acceptors (Lipinski definition) is 6. The molecule has 33 heavy (non-hydrogen) atoms. The molecule has 0 bridgehead atoms. The van der Waals surface area contributed by atoms with Gasteiger partial charge in [-0.25, -0.2) is 18.0 Å². The first-order chi connectivity index (χ1) is 15.6. The van der Waals surface area contributed by atoms with Crippen LogP contribution in [0.2, 0.25) is 0 Å². The molecule has 0 aliphatic carbocycles. The molecule has 0 spiro atoms. The predicted octanol–water partition coefficient (Wildman–Crippen LogP) is 3.75. The van der Waals surface area contributed by atoms with Gasteiger partial charge in [0.25, 0.3) is 5.91 Å². The summed E-state index contributed by atoms with van der Waals surface area (Å²) >= 11 is 0. The van der Waals surface area contributed by atoms with E-state index in [9.17, 15) is 32.3 Å². The van der Waals surface area contributed by atoms with Gasteiger partial charge in [-0.2, -0.15) is 5.06 Å². The van der Waals surface area contributed by atoms with Crippen molar-refractivity contribution in [3.05, 3.63) is 71.0 Å². The normalized spacial score (nSPS) is 12.4. The number of benzene rings is 2. The van der Waals surface area contributed by atoms with Crippen molar-refractivity contribution in [1.82, 2.24) is 5.06 Å². The van der Waals surface area contributed by atoms with Crippen molar-refractivity contribution in [3.63, 3.8) is 0 Å². The summed E-state index contributed by atoms with van der Waals surface area (Å²) < 4.78 is 46.3. The molecule has 10 heteroatoms. The van der Waals surface area contributed by atoms with Crippen molar-refractivity contribution < 1.29 is 41.9 Å². The van der Waals surface area contributed by atoms with E-state index in [1.54, 1.807) is 30.3 Å². The maximum Gasteiger partial charge on any atom is 0.357 e. The molecule has 2 aromatic rings. The van der Waals surface area contributed by atoms with Crippen LogP contribution in [0.1, 0.15) is 43.1 Å². The SMILES string of the molecule is CCOC(=O)C(CC)(C(=O)ON(Cc1ccccc1)C(C)=O)C(=O)c1cc(F)c(F)cc1F. The topological polar surface area (TPSA) is 90.0 Å². The third-order valence-electron chi connectivity index (χ3n) is 4.86. The summed E-state index contributed by atoms with van der Waals surface area (Å²) in [5.74, 6) is -9.73. The quantitative estimate of drug-likeness (QED) is 0.194. The Hall–Kier alpha value is -3.69. The minimum Gasteiger partial charge on any atom is -0.465 e. The molecule has 0 fully saturated rings. The van der Waals surface area contributed by atoms with Gasteiger partial charge in [0.15, 0.2) is 17.4 Å². The van der Waals surface area contributed by atoms with E-state index in [-0.39, 0.29) is 25.3 Å². The maximum absolute atomic E-state index is 14.3. The number of carbonyl (C=O) groups excluding carboxylic acids is 4. The fourth-order valence-electron chi connectivity index (χ4n) is 3.03. The monoisotopic (exact) mass is 465 g/mol. The number of hydroxylamine groups is 2. The van der Waals surface area contributed by atoms with Gasteiger partial charge in [0.2, 0.25) is 5.41 Å². The number of hydrogen-bond donors (Lipinski definition) is 0. The predicted molar refractivity (Wildman–Crippen MR) is 109 cm³/mol. The third kappa shape index (κ3) is 5.39. The molecule has 176 valence electrons. The molecule has 0 N–H and O–H groups in total. The number of carbonyl (C=O) groups is 4. The van der Waals surface area contributed by atoms with E-state index in [0.29, 0.717) is 10.6 Å². The van der Waals surface area contributed by atoms with Gasteiger partial charge in [-0.05, 0) is 25.0 Å². The molecule has 0 heterocycles. The maximum atomic E-state index is 14.3. The second-order valence-electron chi connectivity index (χ2n) is 6.97. The van der Waals surface area contributed by atoms with Crippen molar-refractivity contribution in [2.24, 2.45) is 5.41 Å². The van der Waals surface area contributed by atoms with Crippen molar-refractivity contribution in [2.75, 3.05) is 6.61 Å². The standard InChI is InChI=1S/C23H22F3NO6/c1-4-23(21(30)32-5-2,20(29)16-11-18(25)19(26)12-17(16)24)22(31)33-27(14(3)28)13-15-9-7-6-8-10-15/h6-12H,4-5,13H2,1-3H3. The van der Waals surface area contributed by atoms with E-state index in [4.69, 9.17) is 9.57 Å². The van der Waals surface area contributed by atoms with Crippen molar-refractivity contribution in [3.8, 4) is 0 Å². The van der Waals surface area contributed by atoms with E-state index < -0.39 is 58.5 Å². The molecular formula is C23H22F3NO6. The molecule has 0 radical (unpaired) electrons. The summed E-state index contributed by atoms with van der Waals surface area (Å²) in [6.45, 7) is 3.29. The summed E-state index contributed by atoms with van der Waals surface area (Å²) in [5, 5.41) is 0.621. The van der Waals surface area contributed by atoms with E-state index >= 15 is 0 Å². The van der Waals surface area contributed by atoms with Gasteiger partial charge < -0.3 is 9.57 Å².